The molecule has 1 unspecified atom stereocenters. The number of aromatic amines is 1. The van der Waals surface area contributed by atoms with E-state index in [1.54, 1.807) is 7.05 Å². The predicted molar refractivity (Wildman–Crippen MR) is 85.5 cm³/mol. The van der Waals surface area contributed by atoms with E-state index in [1.807, 2.05) is 0 Å². The van der Waals surface area contributed by atoms with Crippen LogP contribution in [0.15, 0.2) is 24.3 Å². The number of nitrogens with one attached hydrogen (secondary N) is 3. The number of rotatable bonds is 4. The van der Waals surface area contributed by atoms with Crippen LogP contribution in [0.3, 0.4) is 0 Å². The third-order valence-electron chi connectivity index (χ3n) is 4.43. The van der Waals surface area contributed by atoms with Crippen LogP contribution in [0, 0.1) is 0 Å². The Kier molecular flexibility index (Phi) is 4.25. The van der Waals surface area contributed by atoms with Crippen molar-refractivity contribution in [2.75, 3.05) is 20.1 Å². The molecule has 112 valence electrons. The van der Waals surface area contributed by atoms with Crippen LogP contribution in [0.5, 0.6) is 0 Å². The normalized spacial score (nSPS) is 18.8. The summed E-state index contributed by atoms with van der Waals surface area (Å²) < 4.78 is 0. The van der Waals surface area contributed by atoms with E-state index in [4.69, 9.17) is 0 Å². The van der Waals surface area contributed by atoms with Gasteiger partial charge in [-0.2, -0.15) is 0 Å². The quantitative estimate of drug-likeness (QED) is 0.807. The highest BCUT2D eigenvalue weighted by Gasteiger charge is 2.22. The lowest BCUT2D eigenvalue weighted by atomic mass is 9.91. The molecule has 0 aliphatic carbocycles. The Hall–Kier alpha value is -1.81. The lowest BCUT2D eigenvalue weighted by molar-refractivity contribution is -0.120. The minimum atomic E-state index is 0.105. The molecule has 3 N–H and O–H groups in total. The van der Waals surface area contributed by atoms with E-state index >= 15 is 0 Å². The van der Waals surface area contributed by atoms with Gasteiger partial charge in [-0.15, -0.1) is 0 Å². The van der Waals surface area contributed by atoms with E-state index in [0.29, 0.717) is 12.3 Å². The topological polar surface area (TPSA) is 56.9 Å². The zero-order chi connectivity index (χ0) is 14.7. The van der Waals surface area contributed by atoms with Crippen LogP contribution < -0.4 is 10.6 Å². The Bertz CT molecular complexity index is 626. The number of aromatic nitrogens is 1. The molecule has 1 saturated heterocycles. The number of hydrogen-bond acceptors (Lipinski definition) is 2. The van der Waals surface area contributed by atoms with Gasteiger partial charge in [0.2, 0.25) is 5.91 Å². The van der Waals surface area contributed by atoms with Crippen LogP contribution in [-0.2, 0) is 11.2 Å². The van der Waals surface area contributed by atoms with Crippen molar-refractivity contribution in [1.82, 2.24) is 15.6 Å². The van der Waals surface area contributed by atoms with E-state index in [1.165, 1.54) is 35.0 Å². The van der Waals surface area contributed by atoms with Crippen LogP contribution in [0.1, 0.15) is 36.4 Å². The molecule has 0 saturated carbocycles. The van der Waals surface area contributed by atoms with Crippen LogP contribution in [0.25, 0.3) is 10.9 Å². The number of aryl methyl sites for hydroxylation is 1. The van der Waals surface area contributed by atoms with Gasteiger partial charge in [-0.05, 0) is 37.4 Å². The van der Waals surface area contributed by atoms with Crippen LogP contribution in [0.4, 0.5) is 0 Å². The van der Waals surface area contributed by atoms with Gasteiger partial charge in [0.25, 0.3) is 0 Å². The molecule has 21 heavy (non-hydrogen) atoms. The molecular weight excluding hydrogens is 262 g/mol. The van der Waals surface area contributed by atoms with Gasteiger partial charge < -0.3 is 15.6 Å². The van der Waals surface area contributed by atoms with Crippen LogP contribution in [-0.4, -0.2) is 31.0 Å². The number of hydrogen-bond donors (Lipinski definition) is 3. The second kappa shape index (κ2) is 6.31. The summed E-state index contributed by atoms with van der Waals surface area (Å²) in [5.74, 6) is 0.638. The first-order chi connectivity index (χ1) is 10.3. The monoisotopic (exact) mass is 285 g/mol. The third kappa shape index (κ3) is 2.95. The summed E-state index contributed by atoms with van der Waals surface area (Å²) in [7, 11) is 1.70. The number of para-hydroxylation sites is 1. The Morgan fingerprint density at radius 2 is 2.24 bits per heavy atom. The van der Waals surface area contributed by atoms with Crippen LogP contribution >= 0.6 is 0 Å². The van der Waals surface area contributed by atoms with Gasteiger partial charge in [0, 0.05) is 42.5 Å². The first-order valence-corrected chi connectivity index (χ1v) is 7.80. The summed E-state index contributed by atoms with van der Waals surface area (Å²) in [6.45, 7) is 2.14. The molecule has 1 aromatic heterocycles. The molecule has 3 rings (SSSR count). The van der Waals surface area contributed by atoms with E-state index in [9.17, 15) is 4.79 Å². The summed E-state index contributed by atoms with van der Waals surface area (Å²) in [6, 6.07) is 8.41. The highest BCUT2D eigenvalue weighted by molar-refractivity contribution is 5.86. The molecule has 0 bridgehead atoms. The molecule has 1 aliphatic rings. The Morgan fingerprint density at radius 3 is 3.00 bits per heavy atom. The molecule has 2 aromatic rings. The zero-order valence-electron chi connectivity index (χ0n) is 12.5. The SMILES string of the molecule is CNC(=O)CCc1c(C2CCCNC2)[nH]c2ccccc12. The standard InChI is InChI=1S/C17H23N3O/c1-18-16(21)9-8-14-13-6-2-3-7-15(13)20-17(14)12-5-4-10-19-11-12/h2-3,6-7,12,19-20H,4-5,8-11H2,1H3,(H,18,21). The molecule has 1 aliphatic heterocycles. The molecular formula is C17H23N3O. The molecule has 1 amide bonds. The molecule has 2 heterocycles. The van der Waals surface area contributed by atoms with E-state index < -0.39 is 0 Å². The van der Waals surface area contributed by atoms with E-state index in [-0.39, 0.29) is 5.91 Å². The average molecular weight is 285 g/mol. The van der Waals surface area contributed by atoms with Gasteiger partial charge in [-0.3, -0.25) is 4.79 Å². The maximum Gasteiger partial charge on any atom is 0.220 e. The van der Waals surface area contributed by atoms with Gasteiger partial charge in [-0.25, -0.2) is 0 Å². The van der Waals surface area contributed by atoms with Crippen molar-refractivity contribution in [1.29, 1.82) is 0 Å². The molecule has 1 aromatic carbocycles. The molecule has 4 heteroatoms. The van der Waals surface area contributed by atoms with Crippen LogP contribution in [0.2, 0.25) is 0 Å². The smallest absolute Gasteiger partial charge is 0.220 e. The van der Waals surface area contributed by atoms with Crippen molar-refractivity contribution >= 4 is 16.8 Å². The number of H-pyrrole nitrogens is 1. The average Bonchev–Trinajstić information content (AvgIpc) is 2.92. The lowest BCUT2D eigenvalue weighted by Crippen LogP contribution is -2.29. The fourth-order valence-corrected chi connectivity index (χ4v) is 3.30. The second-order valence-electron chi connectivity index (χ2n) is 5.78. The fourth-order valence-electron chi connectivity index (χ4n) is 3.30. The summed E-state index contributed by atoms with van der Waals surface area (Å²) in [5.41, 5.74) is 3.83. The van der Waals surface area contributed by atoms with Crippen molar-refractivity contribution in [2.24, 2.45) is 0 Å². The van der Waals surface area contributed by atoms with E-state index in [2.05, 4.69) is 39.9 Å². The largest absolute Gasteiger partial charge is 0.359 e. The number of benzene rings is 1. The lowest BCUT2D eigenvalue weighted by Gasteiger charge is -2.23. The highest BCUT2D eigenvalue weighted by atomic mass is 16.1. The van der Waals surface area contributed by atoms with Crippen molar-refractivity contribution in [3.63, 3.8) is 0 Å². The summed E-state index contributed by atoms with van der Waals surface area (Å²) in [5, 5.41) is 7.46. The Balaban J connectivity index is 1.94. The molecule has 4 nitrogen and oxygen atoms in total. The minimum absolute atomic E-state index is 0.105. The van der Waals surface area contributed by atoms with Crippen molar-refractivity contribution in [2.45, 2.75) is 31.6 Å². The molecule has 1 fully saturated rings. The van der Waals surface area contributed by atoms with Crippen molar-refractivity contribution < 1.29 is 4.79 Å². The fraction of sp³-hybridized carbons (Fsp3) is 0.471. The summed E-state index contributed by atoms with van der Waals surface area (Å²) in [6.07, 6.45) is 3.78. The number of carbonyl (C=O) groups is 1. The van der Waals surface area contributed by atoms with Crippen molar-refractivity contribution in [3.05, 3.63) is 35.5 Å². The number of carbonyl (C=O) groups excluding carboxylic acids is 1. The molecule has 0 radical (unpaired) electrons. The second-order valence-corrected chi connectivity index (χ2v) is 5.78. The highest BCUT2D eigenvalue weighted by Crippen LogP contribution is 2.32. The maximum absolute atomic E-state index is 11.6. The third-order valence-corrected chi connectivity index (χ3v) is 4.43. The van der Waals surface area contributed by atoms with Gasteiger partial charge in [0.15, 0.2) is 0 Å². The zero-order valence-corrected chi connectivity index (χ0v) is 12.5. The van der Waals surface area contributed by atoms with E-state index in [0.717, 1.165) is 19.5 Å². The van der Waals surface area contributed by atoms with Crippen molar-refractivity contribution in [3.8, 4) is 0 Å². The summed E-state index contributed by atoms with van der Waals surface area (Å²) >= 11 is 0. The first-order valence-electron chi connectivity index (χ1n) is 7.80. The Morgan fingerprint density at radius 1 is 1.38 bits per heavy atom. The van der Waals surface area contributed by atoms with Gasteiger partial charge >= 0.3 is 0 Å². The molecule has 1 atom stereocenters. The Labute approximate surface area is 125 Å². The van der Waals surface area contributed by atoms with Gasteiger partial charge in [-0.1, -0.05) is 18.2 Å². The predicted octanol–water partition coefficient (Wildman–Crippen LogP) is 2.31. The molecule has 0 spiro atoms. The number of amides is 1. The summed E-state index contributed by atoms with van der Waals surface area (Å²) in [4.78, 5) is 15.2. The number of fused-ring (bicyclic) bond motifs is 1. The van der Waals surface area contributed by atoms with Gasteiger partial charge in [0.1, 0.15) is 0 Å². The first kappa shape index (κ1) is 14.1. The van der Waals surface area contributed by atoms with Gasteiger partial charge in [0.05, 0.1) is 0 Å². The maximum atomic E-state index is 11.6. The number of piperidine rings is 1. The minimum Gasteiger partial charge on any atom is -0.359 e.